The summed E-state index contributed by atoms with van der Waals surface area (Å²) in [7, 11) is -1.69. The van der Waals surface area contributed by atoms with Crippen molar-refractivity contribution in [1.82, 2.24) is 9.80 Å². The van der Waals surface area contributed by atoms with Crippen LogP contribution in [-0.2, 0) is 27.8 Å². The number of aliphatic hydroxyl groups is 1. The molecule has 3 atom stereocenters. The van der Waals surface area contributed by atoms with Crippen molar-refractivity contribution in [3.05, 3.63) is 77.2 Å². The molecule has 0 aliphatic carbocycles. The first-order chi connectivity index (χ1) is 18.2. The number of likely N-dealkylation sites (N-methyl/N-ethyl adjacent to an activating group) is 1. The molecule has 1 amide bonds. The summed E-state index contributed by atoms with van der Waals surface area (Å²) in [5.74, 6) is 0.398. The van der Waals surface area contributed by atoms with Crippen LogP contribution in [0.25, 0.3) is 0 Å². The molecule has 1 aromatic heterocycles. The van der Waals surface area contributed by atoms with E-state index >= 15 is 0 Å². The van der Waals surface area contributed by atoms with E-state index in [1.807, 2.05) is 32.2 Å². The smallest absolute Gasteiger partial charge is 0.271 e. The van der Waals surface area contributed by atoms with Crippen LogP contribution in [0.3, 0.4) is 0 Å². The molecule has 8 nitrogen and oxygen atoms in total. The van der Waals surface area contributed by atoms with Crippen LogP contribution in [0.4, 0.5) is 5.69 Å². The maximum atomic E-state index is 13.4. The van der Waals surface area contributed by atoms with Crippen LogP contribution in [0.15, 0.2) is 70.3 Å². The molecule has 0 bridgehead atoms. The molecule has 0 unspecified atom stereocenters. The third-order valence-corrected chi connectivity index (χ3v) is 9.49. The average Bonchev–Trinajstić information content (AvgIpc) is 3.44. The molecule has 38 heavy (non-hydrogen) atoms. The predicted molar refractivity (Wildman–Crippen MR) is 150 cm³/mol. The molecule has 3 aromatic rings. The standard InChI is InChI=1S/C28H35N3O5S2/c1-20-16-31(21(2)19-32)27(33)15-23-14-24(29-38(34,35)28-10-7-13-37-28)11-12-25(23)36-26(20)18-30(3)17-22-8-5-4-6-9-22/h4-14,20-21,26,29,32H,15-19H2,1-3H3/t20-,21+,26+/m1/s1. The Kier molecular flexibility index (Phi) is 9.09. The highest BCUT2D eigenvalue weighted by Crippen LogP contribution is 2.30. The van der Waals surface area contributed by atoms with E-state index in [4.69, 9.17) is 4.74 Å². The van der Waals surface area contributed by atoms with E-state index in [2.05, 4.69) is 28.7 Å². The number of hydrogen-bond acceptors (Lipinski definition) is 7. The second kappa shape index (κ2) is 12.3. The van der Waals surface area contributed by atoms with Crippen molar-refractivity contribution in [1.29, 1.82) is 0 Å². The molecule has 1 aliphatic heterocycles. The van der Waals surface area contributed by atoms with Crippen molar-refractivity contribution in [2.75, 3.05) is 31.5 Å². The summed E-state index contributed by atoms with van der Waals surface area (Å²) in [6, 6.07) is 18.1. The lowest BCUT2D eigenvalue weighted by Gasteiger charge is -2.34. The van der Waals surface area contributed by atoms with E-state index in [0.717, 1.165) is 17.9 Å². The summed E-state index contributed by atoms with van der Waals surface area (Å²) in [4.78, 5) is 17.3. The van der Waals surface area contributed by atoms with Crippen LogP contribution in [-0.4, -0.2) is 68.1 Å². The maximum Gasteiger partial charge on any atom is 0.271 e. The molecule has 2 N–H and O–H groups in total. The second-order valence-electron chi connectivity index (χ2n) is 9.93. The van der Waals surface area contributed by atoms with E-state index in [0.29, 0.717) is 30.1 Å². The van der Waals surface area contributed by atoms with Crippen LogP contribution >= 0.6 is 11.3 Å². The van der Waals surface area contributed by atoms with Gasteiger partial charge in [0, 0.05) is 36.8 Å². The fraction of sp³-hybridized carbons (Fsp3) is 0.393. The lowest BCUT2D eigenvalue weighted by atomic mass is 10.0. The Morgan fingerprint density at radius 1 is 1.18 bits per heavy atom. The monoisotopic (exact) mass is 557 g/mol. The summed E-state index contributed by atoms with van der Waals surface area (Å²) >= 11 is 1.14. The first-order valence-corrected chi connectivity index (χ1v) is 15.0. The first kappa shape index (κ1) is 28.1. The molecule has 1 aliphatic rings. The number of nitrogens with one attached hydrogen (secondary N) is 1. The summed E-state index contributed by atoms with van der Waals surface area (Å²) in [6.07, 6.45) is -0.205. The van der Waals surface area contributed by atoms with Gasteiger partial charge in [0.2, 0.25) is 5.91 Å². The lowest BCUT2D eigenvalue weighted by Crippen LogP contribution is -2.47. The van der Waals surface area contributed by atoms with Crippen molar-refractivity contribution in [3.8, 4) is 5.75 Å². The van der Waals surface area contributed by atoms with Gasteiger partial charge in [-0.1, -0.05) is 43.3 Å². The number of fused-ring (bicyclic) bond motifs is 1. The Bertz CT molecular complexity index is 1320. The highest BCUT2D eigenvalue weighted by Gasteiger charge is 2.31. The van der Waals surface area contributed by atoms with Gasteiger partial charge in [-0.05, 0) is 49.2 Å². The summed E-state index contributed by atoms with van der Waals surface area (Å²) < 4.78 is 34.9. The number of nitrogens with zero attached hydrogens (tertiary/aromatic N) is 2. The molecule has 0 fully saturated rings. The third-order valence-electron chi connectivity index (χ3n) is 6.72. The number of anilines is 1. The molecular weight excluding hydrogens is 522 g/mol. The molecule has 0 saturated heterocycles. The van der Waals surface area contributed by atoms with Gasteiger partial charge in [-0.2, -0.15) is 0 Å². The number of rotatable bonds is 9. The van der Waals surface area contributed by atoms with Crippen LogP contribution in [0, 0.1) is 5.92 Å². The highest BCUT2D eigenvalue weighted by atomic mass is 32.2. The van der Waals surface area contributed by atoms with Crippen molar-refractivity contribution >= 4 is 33.0 Å². The van der Waals surface area contributed by atoms with Crippen molar-refractivity contribution < 1.29 is 23.1 Å². The summed E-state index contributed by atoms with van der Waals surface area (Å²) in [5.41, 5.74) is 2.15. The van der Waals surface area contributed by atoms with Crippen LogP contribution < -0.4 is 9.46 Å². The molecule has 2 heterocycles. The molecule has 0 radical (unpaired) electrons. The molecule has 204 valence electrons. The number of ether oxygens (including phenoxy) is 1. The molecule has 0 saturated carbocycles. The molecule has 2 aromatic carbocycles. The number of aliphatic hydroxyl groups excluding tert-OH is 1. The van der Waals surface area contributed by atoms with Crippen molar-refractivity contribution in [2.24, 2.45) is 5.92 Å². The lowest BCUT2D eigenvalue weighted by molar-refractivity contribution is -0.134. The maximum absolute atomic E-state index is 13.4. The van der Waals surface area contributed by atoms with Crippen LogP contribution in [0.5, 0.6) is 5.75 Å². The van der Waals surface area contributed by atoms with Gasteiger partial charge in [-0.25, -0.2) is 8.42 Å². The van der Waals surface area contributed by atoms with Gasteiger partial charge in [0.15, 0.2) is 0 Å². The van der Waals surface area contributed by atoms with E-state index in [9.17, 15) is 18.3 Å². The van der Waals surface area contributed by atoms with Gasteiger partial charge >= 0.3 is 0 Å². The second-order valence-corrected chi connectivity index (χ2v) is 12.8. The van der Waals surface area contributed by atoms with Crippen molar-refractivity contribution in [2.45, 2.75) is 43.2 Å². The zero-order chi connectivity index (χ0) is 27.3. The van der Waals surface area contributed by atoms with E-state index in [1.54, 1.807) is 40.6 Å². The van der Waals surface area contributed by atoms with Gasteiger partial charge < -0.3 is 14.7 Å². The quantitative estimate of drug-likeness (QED) is 0.415. The molecule has 0 spiro atoms. The number of benzene rings is 2. The van der Waals surface area contributed by atoms with Gasteiger partial charge in [0.25, 0.3) is 10.0 Å². The Hall–Kier alpha value is -2.92. The average molecular weight is 558 g/mol. The third kappa shape index (κ3) is 6.93. The number of carbonyl (C=O) groups excluding carboxylic acids is 1. The molecular formula is C28H35N3O5S2. The Labute approximate surface area is 228 Å². The fourth-order valence-electron chi connectivity index (χ4n) is 4.60. The van der Waals surface area contributed by atoms with Gasteiger partial charge in [-0.15, -0.1) is 11.3 Å². The topological polar surface area (TPSA) is 99.2 Å². The Morgan fingerprint density at radius 2 is 1.95 bits per heavy atom. The first-order valence-electron chi connectivity index (χ1n) is 12.6. The minimum absolute atomic E-state index is 0.0193. The van der Waals surface area contributed by atoms with Gasteiger partial charge in [-0.3, -0.25) is 14.4 Å². The van der Waals surface area contributed by atoms with E-state index < -0.39 is 10.0 Å². The summed E-state index contributed by atoms with van der Waals surface area (Å²) in [5, 5.41) is 11.6. The number of sulfonamides is 1. The largest absolute Gasteiger partial charge is 0.488 e. The molecule has 4 rings (SSSR count). The Morgan fingerprint density at radius 3 is 2.63 bits per heavy atom. The van der Waals surface area contributed by atoms with Crippen LogP contribution in [0.2, 0.25) is 0 Å². The highest BCUT2D eigenvalue weighted by molar-refractivity contribution is 7.94. The Balaban J connectivity index is 1.63. The number of amides is 1. The fourth-order valence-corrected chi connectivity index (χ4v) is 6.64. The number of carbonyl (C=O) groups is 1. The van der Waals surface area contributed by atoms with Gasteiger partial charge in [0.05, 0.1) is 19.1 Å². The zero-order valence-electron chi connectivity index (χ0n) is 21.9. The number of hydrogen-bond donors (Lipinski definition) is 2. The summed E-state index contributed by atoms with van der Waals surface area (Å²) in [6.45, 7) is 5.55. The zero-order valence-corrected chi connectivity index (χ0v) is 23.5. The predicted octanol–water partition coefficient (Wildman–Crippen LogP) is 3.83. The minimum Gasteiger partial charge on any atom is -0.488 e. The van der Waals surface area contributed by atoms with Gasteiger partial charge in [0.1, 0.15) is 16.1 Å². The SMILES string of the molecule is C[C@@H]1CN([C@@H](C)CO)C(=O)Cc2cc(NS(=O)(=O)c3cccs3)ccc2O[C@H]1CN(C)Cc1ccccc1. The van der Waals surface area contributed by atoms with Crippen LogP contribution in [0.1, 0.15) is 25.0 Å². The van der Waals surface area contributed by atoms with E-state index in [1.165, 1.54) is 5.56 Å². The van der Waals surface area contributed by atoms with E-state index in [-0.39, 0.29) is 41.2 Å². The minimum atomic E-state index is -3.73. The normalized spacial score (nSPS) is 19.2. The molecule has 10 heteroatoms. The van der Waals surface area contributed by atoms with Crippen molar-refractivity contribution in [3.63, 3.8) is 0 Å². The number of thiophene rings is 1.